The minimum atomic E-state index is -0.0229. The second-order valence-corrected chi connectivity index (χ2v) is 5.16. The zero-order chi connectivity index (χ0) is 13.7. The number of hydrogen-bond acceptors (Lipinski definition) is 4. The number of amides is 1. The van der Waals surface area contributed by atoms with Crippen LogP contribution in [0.15, 0.2) is 35.8 Å². The van der Waals surface area contributed by atoms with Crippen LogP contribution in [0.4, 0.5) is 5.13 Å². The molecule has 4 nitrogen and oxygen atoms in total. The van der Waals surface area contributed by atoms with Crippen molar-refractivity contribution in [3.8, 4) is 5.75 Å². The van der Waals surface area contributed by atoms with Crippen molar-refractivity contribution in [3.05, 3.63) is 41.4 Å². The summed E-state index contributed by atoms with van der Waals surface area (Å²) >= 11 is 1.42. The van der Waals surface area contributed by atoms with Crippen LogP contribution in [0.1, 0.15) is 24.8 Å². The number of carbonyl (C=O) groups is 1. The minimum Gasteiger partial charge on any atom is -0.497 e. The van der Waals surface area contributed by atoms with E-state index in [-0.39, 0.29) is 11.8 Å². The van der Waals surface area contributed by atoms with Gasteiger partial charge in [0.15, 0.2) is 5.13 Å². The molecule has 0 radical (unpaired) electrons. The molecule has 1 heterocycles. The van der Waals surface area contributed by atoms with E-state index in [2.05, 4.69) is 10.3 Å². The van der Waals surface area contributed by atoms with Gasteiger partial charge in [-0.25, -0.2) is 4.98 Å². The summed E-state index contributed by atoms with van der Waals surface area (Å²) in [5, 5.41) is 5.26. The molecule has 100 valence electrons. The molecular formula is C14H16N2O2S. The molecule has 0 bridgehead atoms. The lowest BCUT2D eigenvalue weighted by Gasteiger charge is -2.12. The van der Waals surface area contributed by atoms with Crippen molar-refractivity contribution in [1.29, 1.82) is 0 Å². The highest BCUT2D eigenvalue weighted by Crippen LogP contribution is 2.23. The summed E-state index contributed by atoms with van der Waals surface area (Å²) in [4.78, 5) is 15.9. The van der Waals surface area contributed by atoms with E-state index in [4.69, 9.17) is 4.74 Å². The first-order chi connectivity index (χ1) is 9.19. The third-order valence-corrected chi connectivity index (χ3v) is 3.52. The molecule has 1 aromatic heterocycles. The number of benzene rings is 1. The fraction of sp³-hybridized carbons (Fsp3) is 0.286. The molecule has 1 aromatic carbocycles. The SMILES string of the molecule is COc1cccc(C(C)CC(=O)Nc2nccs2)c1. The monoisotopic (exact) mass is 276 g/mol. The van der Waals surface area contributed by atoms with Crippen molar-refractivity contribution >= 4 is 22.4 Å². The average Bonchev–Trinajstić information content (AvgIpc) is 2.91. The first-order valence-electron chi connectivity index (χ1n) is 6.02. The first kappa shape index (κ1) is 13.5. The van der Waals surface area contributed by atoms with E-state index < -0.39 is 0 Å². The second kappa shape index (κ2) is 6.33. The lowest BCUT2D eigenvalue weighted by Crippen LogP contribution is -2.14. The average molecular weight is 276 g/mol. The minimum absolute atomic E-state index is 0.0229. The van der Waals surface area contributed by atoms with E-state index in [1.165, 1.54) is 11.3 Å². The standard InChI is InChI=1S/C14H16N2O2S/c1-10(11-4-3-5-12(9-11)18-2)8-13(17)16-14-15-6-7-19-14/h3-7,9-10H,8H2,1-2H3,(H,15,16,17). The van der Waals surface area contributed by atoms with Crippen LogP contribution in [0.2, 0.25) is 0 Å². The molecule has 19 heavy (non-hydrogen) atoms. The highest BCUT2D eigenvalue weighted by molar-refractivity contribution is 7.13. The number of anilines is 1. The maximum atomic E-state index is 11.9. The Balaban J connectivity index is 1.96. The summed E-state index contributed by atoms with van der Waals surface area (Å²) in [6.07, 6.45) is 2.10. The molecule has 1 amide bonds. The van der Waals surface area contributed by atoms with Crippen LogP contribution >= 0.6 is 11.3 Å². The van der Waals surface area contributed by atoms with E-state index in [0.29, 0.717) is 11.6 Å². The fourth-order valence-electron chi connectivity index (χ4n) is 1.80. The van der Waals surface area contributed by atoms with Crippen molar-refractivity contribution in [2.24, 2.45) is 0 Å². The Morgan fingerprint density at radius 1 is 1.53 bits per heavy atom. The Morgan fingerprint density at radius 2 is 2.37 bits per heavy atom. The van der Waals surface area contributed by atoms with Crippen molar-refractivity contribution in [3.63, 3.8) is 0 Å². The van der Waals surface area contributed by atoms with E-state index in [9.17, 15) is 4.79 Å². The lowest BCUT2D eigenvalue weighted by atomic mass is 9.97. The molecule has 0 aliphatic carbocycles. The molecule has 0 aliphatic rings. The summed E-state index contributed by atoms with van der Waals surface area (Å²) < 4.78 is 5.19. The number of ether oxygens (including phenoxy) is 1. The molecule has 0 aliphatic heterocycles. The Morgan fingerprint density at radius 3 is 3.05 bits per heavy atom. The van der Waals surface area contributed by atoms with Gasteiger partial charge in [0.25, 0.3) is 0 Å². The maximum Gasteiger partial charge on any atom is 0.226 e. The van der Waals surface area contributed by atoms with Crippen molar-refractivity contribution in [1.82, 2.24) is 4.98 Å². The molecule has 5 heteroatoms. The molecule has 1 unspecified atom stereocenters. The van der Waals surface area contributed by atoms with Gasteiger partial charge in [-0.2, -0.15) is 0 Å². The second-order valence-electron chi connectivity index (χ2n) is 4.27. The van der Waals surface area contributed by atoms with Gasteiger partial charge in [-0.05, 0) is 23.6 Å². The molecule has 0 fully saturated rings. The molecule has 1 N–H and O–H groups in total. The largest absolute Gasteiger partial charge is 0.497 e. The van der Waals surface area contributed by atoms with E-state index in [1.807, 2.05) is 36.6 Å². The van der Waals surface area contributed by atoms with Crippen molar-refractivity contribution < 1.29 is 9.53 Å². The number of aromatic nitrogens is 1. The quantitative estimate of drug-likeness (QED) is 0.911. The molecule has 0 spiro atoms. The predicted molar refractivity (Wildman–Crippen MR) is 76.8 cm³/mol. The van der Waals surface area contributed by atoms with E-state index in [1.54, 1.807) is 13.3 Å². The van der Waals surface area contributed by atoms with Crippen LogP contribution in [0, 0.1) is 0 Å². The van der Waals surface area contributed by atoms with Gasteiger partial charge in [-0.1, -0.05) is 19.1 Å². The van der Waals surface area contributed by atoms with Gasteiger partial charge in [0, 0.05) is 18.0 Å². The third-order valence-electron chi connectivity index (χ3n) is 2.83. The fourth-order valence-corrected chi connectivity index (χ4v) is 2.34. The Bertz CT molecular complexity index is 540. The summed E-state index contributed by atoms with van der Waals surface area (Å²) in [5.41, 5.74) is 1.09. The van der Waals surface area contributed by atoms with Crippen LogP contribution < -0.4 is 10.1 Å². The van der Waals surface area contributed by atoms with Crippen LogP contribution in [0.25, 0.3) is 0 Å². The smallest absolute Gasteiger partial charge is 0.226 e. The van der Waals surface area contributed by atoms with Gasteiger partial charge in [0.1, 0.15) is 5.75 Å². The Kier molecular flexibility index (Phi) is 4.52. The molecule has 1 atom stereocenters. The molecule has 0 saturated carbocycles. The maximum absolute atomic E-state index is 11.9. The summed E-state index contributed by atoms with van der Waals surface area (Å²) in [6, 6.07) is 7.79. The van der Waals surface area contributed by atoms with E-state index >= 15 is 0 Å². The number of nitrogens with zero attached hydrogens (tertiary/aromatic N) is 1. The highest BCUT2D eigenvalue weighted by atomic mass is 32.1. The van der Waals surface area contributed by atoms with Gasteiger partial charge in [0.05, 0.1) is 7.11 Å². The van der Waals surface area contributed by atoms with Gasteiger partial charge < -0.3 is 10.1 Å². The number of methoxy groups -OCH3 is 1. The predicted octanol–water partition coefficient (Wildman–Crippen LogP) is 3.28. The molecule has 2 rings (SSSR count). The topological polar surface area (TPSA) is 51.2 Å². The summed E-state index contributed by atoms with van der Waals surface area (Å²) in [7, 11) is 1.64. The van der Waals surface area contributed by atoms with Crippen LogP contribution in [0.5, 0.6) is 5.75 Å². The molecule has 0 saturated heterocycles. The van der Waals surface area contributed by atoms with Gasteiger partial charge in [0.2, 0.25) is 5.91 Å². The van der Waals surface area contributed by atoms with Crippen LogP contribution in [0.3, 0.4) is 0 Å². The zero-order valence-electron chi connectivity index (χ0n) is 10.9. The number of carbonyl (C=O) groups excluding carboxylic acids is 1. The van der Waals surface area contributed by atoms with E-state index in [0.717, 1.165) is 11.3 Å². The van der Waals surface area contributed by atoms with Gasteiger partial charge in [-0.15, -0.1) is 11.3 Å². The highest BCUT2D eigenvalue weighted by Gasteiger charge is 2.12. The molecule has 2 aromatic rings. The third kappa shape index (κ3) is 3.79. The van der Waals surface area contributed by atoms with Crippen LogP contribution in [-0.4, -0.2) is 18.0 Å². The van der Waals surface area contributed by atoms with Gasteiger partial charge >= 0.3 is 0 Å². The van der Waals surface area contributed by atoms with Crippen molar-refractivity contribution in [2.75, 3.05) is 12.4 Å². The lowest BCUT2D eigenvalue weighted by molar-refractivity contribution is -0.116. The number of nitrogens with one attached hydrogen (secondary N) is 1. The number of rotatable bonds is 5. The Hall–Kier alpha value is -1.88. The summed E-state index contributed by atoms with van der Waals surface area (Å²) in [6.45, 7) is 2.02. The van der Waals surface area contributed by atoms with Crippen molar-refractivity contribution in [2.45, 2.75) is 19.3 Å². The Labute approximate surface area is 116 Å². The zero-order valence-corrected chi connectivity index (χ0v) is 11.7. The molecular weight excluding hydrogens is 260 g/mol. The van der Waals surface area contributed by atoms with Crippen LogP contribution in [-0.2, 0) is 4.79 Å². The first-order valence-corrected chi connectivity index (χ1v) is 6.90. The normalized spacial score (nSPS) is 11.9. The number of thiazole rings is 1. The summed E-state index contributed by atoms with van der Waals surface area (Å²) in [5.74, 6) is 0.921. The van der Waals surface area contributed by atoms with Gasteiger partial charge in [-0.3, -0.25) is 4.79 Å². The number of hydrogen-bond donors (Lipinski definition) is 1.